The molecule has 1 aliphatic heterocycles. The molecule has 0 unspecified atom stereocenters. The number of ether oxygens (including phenoxy) is 1. The summed E-state index contributed by atoms with van der Waals surface area (Å²) in [6, 6.07) is 8.19. The van der Waals surface area contributed by atoms with E-state index in [0.717, 1.165) is 31.7 Å². The highest BCUT2D eigenvalue weighted by Gasteiger charge is 2.15. The van der Waals surface area contributed by atoms with Gasteiger partial charge in [0.05, 0.1) is 6.61 Å². The highest BCUT2D eigenvalue weighted by Crippen LogP contribution is 2.24. The van der Waals surface area contributed by atoms with Crippen molar-refractivity contribution >= 4 is 23.2 Å². The molecule has 0 bridgehead atoms. The summed E-state index contributed by atoms with van der Waals surface area (Å²) in [5, 5.41) is 3.44. The van der Waals surface area contributed by atoms with Gasteiger partial charge in [-0.2, -0.15) is 0 Å². The SMILES string of the molecule is CC(C)(C)c1ccc(OCCCC(=O)NC(=S)N2CCCCCC2)cc1. The third-order valence-electron chi connectivity index (χ3n) is 4.68. The normalized spacial score (nSPS) is 15.3. The minimum Gasteiger partial charge on any atom is -0.494 e. The second kappa shape index (κ2) is 9.91. The molecule has 1 fully saturated rings. The predicted octanol–water partition coefficient (Wildman–Crippen LogP) is 4.42. The molecular weight excluding hydrogens is 344 g/mol. The van der Waals surface area contributed by atoms with Gasteiger partial charge in [0.15, 0.2) is 5.11 Å². The number of carbonyl (C=O) groups is 1. The van der Waals surface area contributed by atoms with Crippen LogP contribution in [0.15, 0.2) is 24.3 Å². The predicted molar refractivity (Wildman–Crippen MR) is 111 cm³/mol. The van der Waals surface area contributed by atoms with Gasteiger partial charge in [-0.05, 0) is 54.6 Å². The summed E-state index contributed by atoms with van der Waals surface area (Å²) in [7, 11) is 0. The first-order chi connectivity index (χ1) is 12.4. The molecule has 5 heteroatoms. The quantitative estimate of drug-likeness (QED) is 0.610. The summed E-state index contributed by atoms with van der Waals surface area (Å²) in [6.07, 6.45) is 5.90. The molecule has 1 N–H and O–H groups in total. The highest BCUT2D eigenvalue weighted by molar-refractivity contribution is 7.80. The average molecular weight is 377 g/mol. The third-order valence-corrected chi connectivity index (χ3v) is 5.04. The lowest BCUT2D eigenvalue weighted by molar-refractivity contribution is -0.120. The molecule has 26 heavy (non-hydrogen) atoms. The fourth-order valence-corrected chi connectivity index (χ4v) is 3.30. The maximum atomic E-state index is 12.1. The van der Waals surface area contributed by atoms with Crippen molar-refractivity contribution in [2.45, 2.75) is 64.7 Å². The number of carbonyl (C=O) groups excluding carboxylic acids is 1. The number of rotatable bonds is 5. The van der Waals surface area contributed by atoms with Crippen molar-refractivity contribution in [3.05, 3.63) is 29.8 Å². The molecular formula is C21H32N2O2S. The standard InChI is InChI=1S/C21H32N2O2S/c1-21(2,3)17-10-12-18(13-11-17)25-16-8-9-19(24)22-20(26)23-14-6-4-5-7-15-23/h10-13H,4-9,14-16H2,1-3H3,(H,22,24,26). The molecule has 1 amide bonds. The lowest BCUT2D eigenvalue weighted by atomic mass is 9.87. The number of thiocarbonyl (C=S) groups is 1. The summed E-state index contributed by atoms with van der Waals surface area (Å²) >= 11 is 5.37. The zero-order chi connectivity index (χ0) is 19.0. The monoisotopic (exact) mass is 376 g/mol. The molecule has 1 aromatic carbocycles. The molecule has 0 aromatic heterocycles. The largest absolute Gasteiger partial charge is 0.494 e. The lowest BCUT2D eigenvalue weighted by Gasteiger charge is -2.23. The van der Waals surface area contributed by atoms with Crippen LogP contribution in [0.5, 0.6) is 5.75 Å². The van der Waals surface area contributed by atoms with Gasteiger partial charge in [0.1, 0.15) is 5.75 Å². The second-order valence-corrected chi connectivity index (χ2v) is 8.37. The first-order valence-corrected chi connectivity index (χ1v) is 10.1. The van der Waals surface area contributed by atoms with Gasteiger partial charge in [-0.1, -0.05) is 45.7 Å². The van der Waals surface area contributed by atoms with Crippen LogP contribution in [0.4, 0.5) is 0 Å². The summed E-state index contributed by atoms with van der Waals surface area (Å²) in [6.45, 7) is 9.00. The van der Waals surface area contributed by atoms with Crippen molar-refractivity contribution in [3.8, 4) is 5.75 Å². The molecule has 144 valence electrons. The van der Waals surface area contributed by atoms with Gasteiger partial charge in [-0.15, -0.1) is 0 Å². The van der Waals surface area contributed by atoms with Crippen molar-refractivity contribution < 1.29 is 9.53 Å². The van der Waals surface area contributed by atoms with Crippen LogP contribution >= 0.6 is 12.2 Å². The van der Waals surface area contributed by atoms with Crippen LogP contribution in [0, 0.1) is 0 Å². The van der Waals surface area contributed by atoms with Crippen LogP contribution in [0.25, 0.3) is 0 Å². The third kappa shape index (κ3) is 6.94. The molecule has 1 saturated heterocycles. The Bertz CT molecular complexity index is 585. The maximum Gasteiger partial charge on any atom is 0.226 e. The Morgan fingerprint density at radius 2 is 1.73 bits per heavy atom. The molecule has 1 aromatic rings. The topological polar surface area (TPSA) is 41.6 Å². The van der Waals surface area contributed by atoms with Gasteiger partial charge in [-0.3, -0.25) is 4.79 Å². The summed E-state index contributed by atoms with van der Waals surface area (Å²) < 4.78 is 5.74. The number of nitrogens with zero attached hydrogens (tertiary/aromatic N) is 1. The van der Waals surface area contributed by atoms with E-state index in [1.807, 2.05) is 12.1 Å². The van der Waals surface area contributed by atoms with Crippen LogP contribution in [0.2, 0.25) is 0 Å². The number of likely N-dealkylation sites (tertiary alicyclic amines) is 1. The first kappa shape index (κ1) is 20.7. The van der Waals surface area contributed by atoms with Crippen molar-refractivity contribution in [3.63, 3.8) is 0 Å². The van der Waals surface area contributed by atoms with E-state index < -0.39 is 0 Å². The summed E-state index contributed by atoms with van der Waals surface area (Å²) in [4.78, 5) is 14.2. The van der Waals surface area contributed by atoms with Gasteiger partial charge < -0.3 is 15.0 Å². The van der Waals surface area contributed by atoms with E-state index in [1.165, 1.54) is 18.4 Å². The maximum absolute atomic E-state index is 12.1. The molecule has 2 rings (SSSR count). The molecule has 1 heterocycles. The Kier molecular flexibility index (Phi) is 7.88. The first-order valence-electron chi connectivity index (χ1n) is 9.68. The van der Waals surface area contributed by atoms with Crippen LogP contribution in [0.1, 0.15) is 64.9 Å². The minimum absolute atomic E-state index is 0.0223. The molecule has 4 nitrogen and oxygen atoms in total. The number of hydrogen-bond acceptors (Lipinski definition) is 3. The molecule has 1 aliphatic rings. The fraction of sp³-hybridized carbons (Fsp3) is 0.619. The van der Waals surface area contributed by atoms with E-state index >= 15 is 0 Å². The van der Waals surface area contributed by atoms with Crippen LogP contribution < -0.4 is 10.1 Å². The number of nitrogens with one attached hydrogen (secondary N) is 1. The van der Waals surface area contributed by atoms with E-state index in [1.54, 1.807) is 0 Å². The van der Waals surface area contributed by atoms with Gasteiger partial charge in [0.25, 0.3) is 0 Å². The zero-order valence-electron chi connectivity index (χ0n) is 16.3. The second-order valence-electron chi connectivity index (χ2n) is 7.98. The van der Waals surface area contributed by atoms with E-state index in [2.05, 4.69) is 43.1 Å². The lowest BCUT2D eigenvalue weighted by Crippen LogP contribution is -2.43. The smallest absolute Gasteiger partial charge is 0.226 e. The van der Waals surface area contributed by atoms with E-state index in [4.69, 9.17) is 17.0 Å². The molecule has 0 saturated carbocycles. The zero-order valence-corrected chi connectivity index (χ0v) is 17.2. The Balaban J connectivity index is 1.66. The van der Waals surface area contributed by atoms with Gasteiger partial charge >= 0.3 is 0 Å². The number of hydrogen-bond donors (Lipinski definition) is 1. The van der Waals surface area contributed by atoms with E-state index in [9.17, 15) is 4.79 Å². The molecule has 0 atom stereocenters. The van der Waals surface area contributed by atoms with Crippen LogP contribution in [0.3, 0.4) is 0 Å². The van der Waals surface area contributed by atoms with Gasteiger partial charge in [0.2, 0.25) is 5.91 Å². The van der Waals surface area contributed by atoms with Crippen LogP contribution in [-0.2, 0) is 10.2 Å². The average Bonchev–Trinajstić information content (AvgIpc) is 2.88. The number of benzene rings is 1. The highest BCUT2D eigenvalue weighted by atomic mass is 32.1. The molecule has 0 aliphatic carbocycles. The van der Waals surface area contributed by atoms with Crippen LogP contribution in [-0.4, -0.2) is 35.6 Å². The number of amides is 1. The Morgan fingerprint density at radius 1 is 1.12 bits per heavy atom. The van der Waals surface area contributed by atoms with Crippen molar-refractivity contribution in [1.82, 2.24) is 10.2 Å². The minimum atomic E-state index is -0.0223. The van der Waals surface area contributed by atoms with Gasteiger partial charge in [0, 0.05) is 19.5 Å². The summed E-state index contributed by atoms with van der Waals surface area (Å²) in [5.74, 6) is 0.824. The van der Waals surface area contributed by atoms with Gasteiger partial charge in [-0.25, -0.2) is 0 Å². The Morgan fingerprint density at radius 3 is 2.31 bits per heavy atom. The fourth-order valence-electron chi connectivity index (χ4n) is 3.01. The van der Waals surface area contributed by atoms with Crippen molar-refractivity contribution in [1.29, 1.82) is 0 Å². The van der Waals surface area contributed by atoms with Crippen molar-refractivity contribution in [2.75, 3.05) is 19.7 Å². The Labute approximate surface area is 163 Å². The molecule has 0 radical (unpaired) electrons. The van der Waals surface area contributed by atoms with E-state index in [0.29, 0.717) is 24.6 Å². The Hall–Kier alpha value is -1.62. The van der Waals surface area contributed by atoms with E-state index in [-0.39, 0.29) is 11.3 Å². The summed E-state index contributed by atoms with van der Waals surface area (Å²) in [5.41, 5.74) is 1.42. The molecule has 0 spiro atoms. The van der Waals surface area contributed by atoms with Crippen molar-refractivity contribution in [2.24, 2.45) is 0 Å².